The molecule has 3 rings (SSSR count). The topological polar surface area (TPSA) is 15.3 Å². The minimum Gasteiger partial charge on any atom is -0.314 e. The van der Waals surface area contributed by atoms with E-state index in [4.69, 9.17) is 0 Å². The molecular formula is C17H25ClF2N2. The predicted molar refractivity (Wildman–Crippen MR) is 87.4 cm³/mol. The lowest BCUT2D eigenvalue weighted by molar-refractivity contribution is 0.0976. The molecule has 0 aromatic heterocycles. The molecule has 1 atom stereocenters. The molecule has 22 heavy (non-hydrogen) atoms. The van der Waals surface area contributed by atoms with Crippen LogP contribution in [-0.4, -0.2) is 31.1 Å². The zero-order valence-corrected chi connectivity index (χ0v) is 13.7. The molecule has 2 fully saturated rings. The molecule has 1 aromatic rings. The first kappa shape index (κ1) is 17.6. The Morgan fingerprint density at radius 2 is 1.59 bits per heavy atom. The summed E-state index contributed by atoms with van der Waals surface area (Å²) < 4.78 is 28.7. The number of nitrogens with zero attached hydrogens (tertiary/aromatic N) is 1. The summed E-state index contributed by atoms with van der Waals surface area (Å²) in [6.45, 7) is 3.54. The van der Waals surface area contributed by atoms with Crippen molar-refractivity contribution >= 4 is 12.4 Å². The van der Waals surface area contributed by atoms with Crippen molar-refractivity contribution in [2.24, 2.45) is 5.92 Å². The molecule has 1 heterocycles. The van der Waals surface area contributed by atoms with Gasteiger partial charge in [0.05, 0.1) is 0 Å². The molecule has 0 amide bonds. The Bertz CT molecular complexity index is 433. The van der Waals surface area contributed by atoms with Crippen molar-refractivity contribution in [3.8, 4) is 0 Å². The SMILES string of the molecule is Cl.Fc1cccc(F)c1[C@@H](C1CCCCC1)N1CCNCC1. The first-order valence-corrected chi connectivity index (χ1v) is 8.16. The summed E-state index contributed by atoms with van der Waals surface area (Å²) in [4.78, 5) is 2.29. The molecule has 1 aromatic carbocycles. The van der Waals surface area contributed by atoms with Crippen LogP contribution in [0.3, 0.4) is 0 Å². The predicted octanol–water partition coefficient (Wildman–Crippen LogP) is 3.91. The lowest BCUT2D eigenvalue weighted by Gasteiger charge is -2.41. The Kier molecular flexibility index (Phi) is 6.60. The number of hydrogen-bond acceptors (Lipinski definition) is 2. The van der Waals surface area contributed by atoms with Gasteiger partial charge in [0.25, 0.3) is 0 Å². The van der Waals surface area contributed by atoms with Crippen LogP contribution in [0.5, 0.6) is 0 Å². The van der Waals surface area contributed by atoms with Crippen LogP contribution >= 0.6 is 12.4 Å². The van der Waals surface area contributed by atoms with E-state index in [0.29, 0.717) is 11.5 Å². The largest absolute Gasteiger partial charge is 0.314 e. The second-order valence-electron chi connectivity index (χ2n) is 6.26. The standard InChI is InChI=1S/C17H24F2N2.ClH/c18-14-7-4-8-15(19)16(14)17(13-5-2-1-3-6-13)21-11-9-20-10-12-21;/h4,7-8,13,17,20H,1-3,5-6,9-12H2;1H/t17-;/m1./s1. The minimum absolute atomic E-state index is 0. The summed E-state index contributed by atoms with van der Waals surface area (Å²) >= 11 is 0. The molecule has 2 aliphatic rings. The lowest BCUT2D eigenvalue weighted by atomic mass is 9.80. The number of rotatable bonds is 3. The molecule has 0 unspecified atom stereocenters. The van der Waals surface area contributed by atoms with Gasteiger partial charge in [-0.25, -0.2) is 8.78 Å². The first-order chi connectivity index (χ1) is 10.3. The zero-order valence-electron chi connectivity index (χ0n) is 12.9. The van der Waals surface area contributed by atoms with Crippen molar-refractivity contribution in [1.82, 2.24) is 10.2 Å². The fourth-order valence-corrected chi connectivity index (χ4v) is 3.92. The van der Waals surface area contributed by atoms with Crippen molar-refractivity contribution in [2.45, 2.75) is 38.1 Å². The van der Waals surface area contributed by atoms with Gasteiger partial charge < -0.3 is 5.32 Å². The summed E-state index contributed by atoms with van der Waals surface area (Å²) in [6.07, 6.45) is 5.79. The summed E-state index contributed by atoms with van der Waals surface area (Å²) in [7, 11) is 0. The molecular weight excluding hydrogens is 306 g/mol. The quantitative estimate of drug-likeness (QED) is 0.904. The molecule has 1 saturated heterocycles. The van der Waals surface area contributed by atoms with Gasteiger partial charge in [-0.15, -0.1) is 12.4 Å². The Balaban J connectivity index is 0.00000176. The average molecular weight is 331 g/mol. The molecule has 1 N–H and O–H groups in total. The number of benzene rings is 1. The number of piperazine rings is 1. The highest BCUT2D eigenvalue weighted by Gasteiger charge is 2.34. The van der Waals surface area contributed by atoms with Gasteiger partial charge in [0, 0.05) is 37.8 Å². The van der Waals surface area contributed by atoms with E-state index in [2.05, 4.69) is 10.2 Å². The lowest BCUT2D eigenvalue weighted by Crippen LogP contribution is -2.47. The molecule has 0 radical (unpaired) electrons. The molecule has 0 bridgehead atoms. The van der Waals surface area contributed by atoms with Gasteiger partial charge in [-0.05, 0) is 30.9 Å². The van der Waals surface area contributed by atoms with Crippen LogP contribution < -0.4 is 5.32 Å². The van der Waals surface area contributed by atoms with Crippen LogP contribution in [0.15, 0.2) is 18.2 Å². The average Bonchev–Trinajstić information content (AvgIpc) is 2.53. The number of nitrogens with one attached hydrogen (secondary N) is 1. The second-order valence-corrected chi connectivity index (χ2v) is 6.26. The fourth-order valence-electron chi connectivity index (χ4n) is 3.92. The van der Waals surface area contributed by atoms with Crippen LogP contribution in [0, 0.1) is 17.6 Å². The van der Waals surface area contributed by atoms with Crippen molar-refractivity contribution in [1.29, 1.82) is 0 Å². The monoisotopic (exact) mass is 330 g/mol. The smallest absolute Gasteiger partial charge is 0.130 e. The van der Waals surface area contributed by atoms with E-state index in [9.17, 15) is 8.78 Å². The van der Waals surface area contributed by atoms with Gasteiger partial charge in [-0.3, -0.25) is 4.90 Å². The Labute approximate surface area is 137 Å². The van der Waals surface area contributed by atoms with E-state index in [-0.39, 0.29) is 30.1 Å². The van der Waals surface area contributed by atoms with E-state index in [1.54, 1.807) is 0 Å². The summed E-state index contributed by atoms with van der Waals surface area (Å²) in [5, 5.41) is 3.32. The molecule has 2 nitrogen and oxygen atoms in total. The maximum atomic E-state index is 14.3. The Morgan fingerprint density at radius 1 is 1.00 bits per heavy atom. The molecule has 5 heteroatoms. The Morgan fingerprint density at radius 3 is 2.18 bits per heavy atom. The van der Waals surface area contributed by atoms with Gasteiger partial charge in [0.2, 0.25) is 0 Å². The molecule has 1 aliphatic carbocycles. The maximum Gasteiger partial charge on any atom is 0.130 e. The van der Waals surface area contributed by atoms with E-state index in [0.717, 1.165) is 39.0 Å². The molecule has 1 aliphatic heterocycles. The number of hydrogen-bond donors (Lipinski definition) is 1. The van der Waals surface area contributed by atoms with Gasteiger partial charge in [0.15, 0.2) is 0 Å². The van der Waals surface area contributed by atoms with Crippen molar-refractivity contribution in [3.05, 3.63) is 35.4 Å². The summed E-state index contributed by atoms with van der Waals surface area (Å²) in [5.74, 6) is -0.392. The van der Waals surface area contributed by atoms with Crippen LogP contribution in [0.1, 0.15) is 43.7 Å². The molecule has 1 saturated carbocycles. The zero-order chi connectivity index (χ0) is 14.7. The summed E-state index contributed by atoms with van der Waals surface area (Å²) in [5.41, 5.74) is 0.298. The highest BCUT2D eigenvalue weighted by atomic mass is 35.5. The number of halogens is 3. The van der Waals surface area contributed by atoms with E-state index in [1.165, 1.54) is 37.5 Å². The third kappa shape index (κ3) is 3.79. The summed E-state index contributed by atoms with van der Waals surface area (Å²) in [6, 6.07) is 4.16. The first-order valence-electron chi connectivity index (χ1n) is 8.16. The van der Waals surface area contributed by atoms with Crippen LogP contribution in [0.25, 0.3) is 0 Å². The van der Waals surface area contributed by atoms with Gasteiger partial charge in [-0.2, -0.15) is 0 Å². The van der Waals surface area contributed by atoms with Gasteiger partial charge in [-0.1, -0.05) is 25.3 Å². The Hall–Kier alpha value is -0.710. The minimum atomic E-state index is -0.385. The van der Waals surface area contributed by atoms with Crippen LogP contribution in [0.4, 0.5) is 8.78 Å². The normalized spacial score (nSPS) is 22.1. The highest BCUT2D eigenvalue weighted by molar-refractivity contribution is 5.85. The highest BCUT2D eigenvalue weighted by Crippen LogP contribution is 2.40. The van der Waals surface area contributed by atoms with E-state index >= 15 is 0 Å². The van der Waals surface area contributed by atoms with Crippen LogP contribution in [-0.2, 0) is 0 Å². The maximum absolute atomic E-state index is 14.3. The molecule has 124 valence electrons. The van der Waals surface area contributed by atoms with Crippen molar-refractivity contribution in [3.63, 3.8) is 0 Å². The van der Waals surface area contributed by atoms with Gasteiger partial charge >= 0.3 is 0 Å². The van der Waals surface area contributed by atoms with Crippen LogP contribution in [0.2, 0.25) is 0 Å². The fraction of sp³-hybridized carbons (Fsp3) is 0.647. The second kappa shape index (κ2) is 8.23. The van der Waals surface area contributed by atoms with Gasteiger partial charge in [0.1, 0.15) is 11.6 Å². The van der Waals surface area contributed by atoms with E-state index in [1.807, 2.05) is 0 Å². The van der Waals surface area contributed by atoms with Crippen molar-refractivity contribution < 1.29 is 8.78 Å². The third-order valence-corrected chi connectivity index (χ3v) is 4.94. The third-order valence-electron chi connectivity index (χ3n) is 4.94. The van der Waals surface area contributed by atoms with E-state index < -0.39 is 0 Å². The molecule has 0 spiro atoms. The van der Waals surface area contributed by atoms with Crippen molar-refractivity contribution in [2.75, 3.05) is 26.2 Å².